The molecule has 0 saturated carbocycles. The fraction of sp³-hybridized carbons (Fsp3) is 0.500. The Morgan fingerprint density at radius 1 is 1.14 bits per heavy atom. The van der Waals surface area contributed by atoms with Gasteiger partial charge < -0.3 is 4.90 Å². The van der Waals surface area contributed by atoms with E-state index in [0.717, 1.165) is 24.6 Å². The van der Waals surface area contributed by atoms with E-state index < -0.39 is 0 Å². The maximum atomic E-state index is 5.80. The monoisotopic (exact) mass is 249 g/mol. The van der Waals surface area contributed by atoms with Crippen LogP contribution in [0.25, 0.3) is 0 Å². The first-order valence-corrected chi connectivity index (χ1v) is 6.19. The molecule has 14 heavy (non-hydrogen) atoms. The van der Waals surface area contributed by atoms with Gasteiger partial charge in [-0.25, -0.2) is 9.97 Å². The third kappa shape index (κ3) is 2.43. The molecule has 1 aromatic rings. The molecule has 2 heterocycles. The molecule has 1 saturated heterocycles. The second-order valence-electron chi connectivity index (χ2n) is 2.91. The molecule has 6 heteroatoms. The second-order valence-corrected chi connectivity index (χ2v) is 4.91. The topological polar surface area (TPSA) is 29.0 Å². The molecular weight excluding hydrogens is 241 g/mol. The Kier molecular flexibility index (Phi) is 3.36. The lowest BCUT2D eigenvalue weighted by Gasteiger charge is -2.26. The van der Waals surface area contributed by atoms with Crippen molar-refractivity contribution < 1.29 is 0 Å². The summed E-state index contributed by atoms with van der Waals surface area (Å²) in [4.78, 5) is 10.4. The van der Waals surface area contributed by atoms with Crippen LogP contribution in [-0.4, -0.2) is 34.6 Å². The predicted molar refractivity (Wildman–Crippen MR) is 61.6 cm³/mol. The van der Waals surface area contributed by atoms with E-state index in [0.29, 0.717) is 16.3 Å². The Labute approximate surface area is 96.8 Å². The van der Waals surface area contributed by atoms with Crippen molar-refractivity contribution in [1.82, 2.24) is 9.97 Å². The van der Waals surface area contributed by atoms with Gasteiger partial charge in [0.05, 0.1) is 0 Å². The molecule has 0 radical (unpaired) electrons. The van der Waals surface area contributed by atoms with Gasteiger partial charge in [-0.15, -0.1) is 0 Å². The lowest BCUT2D eigenvalue weighted by molar-refractivity contribution is 0.815. The van der Waals surface area contributed by atoms with Gasteiger partial charge in [0.1, 0.15) is 10.3 Å². The van der Waals surface area contributed by atoms with E-state index in [1.807, 2.05) is 11.8 Å². The fourth-order valence-corrected chi connectivity index (χ4v) is 2.60. The Morgan fingerprint density at radius 3 is 2.29 bits per heavy atom. The van der Waals surface area contributed by atoms with Crippen molar-refractivity contribution in [2.45, 2.75) is 0 Å². The first-order valence-electron chi connectivity index (χ1n) is 4.28. The first-order chi connectivity index (χ1) is 6.75. The molecule has 0 aromatic carbocycles. The third-order valence-corrected chi connectivity index (χ3v) is 3.28. The van der Waals surface area contributed by atoms with E-state index in [9.17, 15) is 0 Å². The zero-order valence-electron chi connectivity index (χ0n) is 7.41. The van der Waals surface area contributed by atoms with Crippen LogP contribution in [-0.2, 0) is 0 Å². The highest BCUT2D eigenvalue weighted by molar-refractivity contribution is 7.99. The number of halogens is 2. The molecular formula is C8H9Cl2N3S. The van der Waals surface area contributed by atoms with Crippen molar-refractivity contribution in [3.05, 3.63) is 16.4 Å². The van der Waals surface area contributed by atoms with Crippen LogP contribution < -0.4 is 4.90 Å². The zero-order chi connectivity index (χ0) is 9.97. The molecule has 2 rings (SSSR count). The third-order valence-electron chi connectivity index (χ3n) is 1.95. The average molecular weight is 250 g/mol. The van der Waals surface area contributed by atoms with Crippen molar-refractivity contribution in [2.24, 2.45) is 0 Å². The SMILES string of the molecule is Clc1cc(Cl)nc(N2CCSCC2)n1. The summed E-state index contributed by atoms with van der Waals surface area (Å²) in [6, 6.07) is 1.55. The molecule has 1 aliphatic heterocycles. The van der Waals surface area contributed by atoms with Gasteiger partial charge in [-0.3, -0.25) is 0 Å². The fourth-order valence-electron chi connectivity index (χ4n) is 1.28. The summed E-state index contributed by atoms with van der Waals surface area (Å²) in [6.45, 7) is 1.92. The minimum atomic E-state index is 0.401. The molecule has 1 fully saturated rings. The van der Waals surface area contributed by atoms with Gasteiger partial charge in [-0.2, -0.15) is 11.8 Å². The van der Waals surface area contributed by atoms with E-state index in [2.05, 4.69) is 14.9 Å². The highest BCUT2D eigenvalue weighted by Gasteiger charge is 2.14. The molecule has 1 aliphatic rings. The van der Waals surface area contributed by atoms with Gasteiger partial charge in [0.2, 0.25) is 5.95 Å². The zero-order valence-corrected chi connectivity index (χ0v) is 9.74. The summed E-state index contributed by atoms with van der Waals surface area (Å²) in [5.41, 5.74) is 0. The summed E-state index contributed by atoms with van der Waals surface area (Å²) >= 11 is 13.5. The minimum absolute atomic E-state index is 0.401. The lowest BCUT2D eigenvalue weighted by Crippen LogP contribution is -2.33. The van der Waals surface area contributed by atoms with Crippen LogP contribution in [0.1, 0.15) is 0 Å². The van der Waals surface area contributed by atoms with E-state index in [4.69, 9.17) is 23.2 Å². The maximum absolute atomic E-state index is 5.80. The van der Waals surface area contributed by atoms with Crippen LogP contribution in [0.2, 0.25) is 10.3 Å². The van der Waals surface area contributed by atoms with Gasteiger partial charge in [0.15, 0.2) is 0 Å². The first kappa shape index (κ1) is 10.3. The number of hydrogen-bond acceptors (Lipinski definition) is 4. The smallest absolute Gasteiger partial charge is 0.228 e. The summed E-state index contributed by atoms with van der Waals surface area (Å²) in [6.07, 6.45) is 0. The number of rotatable bonds is 1. The molecule has 76 valence electrons. The van der Waals surface area contributed by atoms with Crippen LogP contribution in [0, 0.1) is 0 Å². The Bertz CT molecular complexity index is 308. The van der Waals surface area contributed by atoms with Crippen molar-refractivity contribution in [3.63, 3.8) is 0 Å². The van der Waals surface area contributed by atoms with Gasteiger partial charge in [-0.05, 0) is 0 Å². The molecule has 0 amide bonds. The van der Waals surface area contributed by atoms with Gasteiger partial charge in [0.25, 0.3) is 0 Å². The molecule has 0 atom stereocenters. The Morgan fingerprint density at radius 2 is 1.71 bits per heavy atom. The van der Waals surface area contributed by atoms with Crippen LogP contribution in [0.4, 0.5) is 5.95 Å². The van der Waals surface area contributed by atoms with Crippen LogP contribution in [0.15, 0.2) is 6.07 Å². The summed E-state index contributed by atoms with van der Waals surface area (Å²) < 4.78 is 0. The van der Waals surface area contributed by atoms with Gasteiger partial charge >= 0.3 is 0 Å². The molecule has 1 aromatic heterocycles. The highest BCUT2D eigenvalue weighted by atomic mass is 35.5. The van der Waals surface area contributed by atoms with E-state index in [1.165, 1.54) is 0 Å². The second kappa shape index (κ2) is 4.55. The van der Waals surface area contributed by atoms with Crippen molar-refractivity contribution in [2.75, 3.05) is 29.5 Å². The quantitative estimate of drug-likeness (QED) is 0.715. The minimum Gasteiger partial charge on any atom is -0.339 e. The molecule has 0 N–H and O–H groups in total. The standard InChI is InChI=1S/C8H9Cl2N3S/c9-6-5-7(10)12-8(11-6)13-1-3-14-4-2-13/h5H,1-4H2. The van der Waals surface area contributed by atoms with Gasteiger partial charge in [0, 0.05) is 30.7 Å². The predicted octanol–water partition coefficient (Wildman–Crippen LogP) is 2.34. The number of hydrogen-bond donors (Lipinski definition) is 0. The van der Waals surface area contributed by atoms with E-state index in [-0.39, 0.29) is 0 Å². The maximum Gasteiger partial charge on any atom is 0.228 e. The van der Waals surface area contributed by atoms with E-state index >= 15 is 0 Å². The largest absolute Gasteiger partial charge is 0.339 e. The summed E-state index contributed by atoms with van der Waals surface area (Å²) in [5, 5.41) is 0.802. The molecule has 0 aliphatic carbocycles. The van der Waals surface area contributed by atoms with E-state index in [1.54, 1.807) is 6.07 Å². The number of thioether (sulfide) groups is 1. The number of nitrogens with zero attached hydrogens (tertiary/aromatic N) is 3. The lowest BCUT2D eigenvalue weighted by atomic mass is 10.5. The summed E-state index contributed by atoms with van der Waals surface area (Å²) in [7, 11) is 0. The average Bonchev–Trinajstić information content (AvgIpc) is 2.18. The molecule has 0 unspecified atom stereocenters. The molecule has 0 bridgehead atoms. The van der Waals surface area contributed by atoms with Crippen molar-refractivity contribution in [3.8, 4) is 0 Å². The Hall–Kier alpha value is -0.190. The highest BCUT2D eigenvalue weighted by Crippen LogP contribution is 2.20. The van der Waals surface area contributed by atoms with Crippen molar-refractivity contribution >= 4 is 40.9 Å². The van der Waals surface area contributed by atoms with Gasteiger partial charge in [-0.1, -0.05) is 23.2 Å². The number of aromatic nitrogens is 2. The summed E-state index contributed by atoms with van der Waals surface area (Å²) in [5.74, 6) is 2.85. The molecule has 3 nitrogen and oxygen atoms in total. The van der Waals surface area contributed by atoms with Crippen LogP contribution in [0.3, 0.4) is 0 Å². The normalized spacial score (nSPS) is 17.1. The molecule has 0 spiro atoms. The number of anilines is 1. The van der Waals surface area contributed by atoms with Crippen LogP contribution >= 0.6 is 35.0 Å². The Balaban J connectivity index is 2.21. The van der Waals surface area contributed by atoms with Crippen molar-refractivity contribution in [1.29, 1.82) is 0 Å². The van der Waals surface area contributed by atoms with Crippen LogP contribution in [0.5, 0.6) is 0 Å².